The molecule has 4 nitrogen and oxygen atoms in total. The molecule has 0 bridgehead atoms. The van der Waals surface area contributed by atoms with E-state index in [-0.39, 0.29) is 0 Å². The summed E-state index contributed by atoms with van der Waals surface area (Å²) < 4.78 is 1.89. The lowest BCUT2D eigenvalue weighted by Crippen LogP contribution is -1.92. The molecule has 2 aromatic heterocycles. The highest BCUT2D eigenvalue weighted by Crippen LogP contribution is 2.30. The van der Waals surface area contributed by atoms with Crippen LogP contribution in [0.5, 0.6) is 0 Å². The Bertz CT molecular complexity index is 731. The van der Waals surface area contributed by atoms with Crippen LogP contribution in [0.15, 0.2) is 52.6 Å². The van der Waals surface area contributed by atoms with Crippen molar-refractivity contribution in [2.75, 3.05) is 5.73 Å². The Morgan fingerprint density at radius 3 is 2.65 bits per heavy atom. The Morgan fingerprint density at radius 1 is 1.20 bits per heavy atom. The number of fused-ring (bicyclic) bond motifs is 1. The van der Waals surface area contributed by atoms with Gasteiger partial charge in [0.2, 0.25) is 0 Å². The van der Waals surface area contributed by atoms with Crippen molar-refractivity contribution in [3.8, 4) is 0 Å². The first kappa shape index (κ1) is 13.0. The van der Waals surface area contributed by atoms with E-state index >= 15 is 0 Å². The van der Waals surface area contributed by atoms with Crippen molar-refractivity contribution < 1.29 is 0 Å². The number of aromatic nitrogens is 3. The molecule has 1 aromatic carbocycles. The van der Waals surface area contributed by atoms with Crippen LogP contribution < -0.4 is 5.73 Å². The van der Waals surface area contributed by atoms with Crippen LogP contribution in [0.25, 0.3) is 5.52 Å². The molecule has 102 valence electrons. The maximum absolute atomic E-state index is 5.71. The van der Waals surface area contributed by atoms with Gasteiger partial charge in [0.25, 0.3) is 0 Å². The summed E-state index contributed by atoms with van der Waals surface area (Å²) in [6.07, 6.45) is 3.66. The lowest BCUT2D eigenvalue weighted by Gasteiger charge is -2.03. The molecule has 0 atom stereocenters. The second-order valence-corrected chi connectivity index (χ2v) is 6.02. The molecule has 20 heavy (non-hydrogen) atoms. The first-order chi connectivity index (χ1) is 9.63. The molecular weight excluding hydrogens is 268 g/mol. The predicted octanol–water partition coefficient (Wildman–Crippen LogP) is 3.59. The van der Waals surface area contributed by atoms with Gasteiger partial charge in [0.05, 0.1) is 11.2 Å². The molecule has 0 aliphatic heterocycles. The van der Waals surface area contributed by atoms with E-state index in [0.29, 0.717) is 5.92 Å². The fraction of sp³-hybridized carbons (Fsp3) is 0.200. The maximum atomic E-state index is 5.71. The summed E-state index contributed by atoms with van der Waals surface area (Å²) in [6, 6.07) is 9.92. The number of hydrogen-bond donors (Lipinski definition) is 1. The van der Waals surface area contributed by atoms with Gasteiger partial charge in [0.1, 0.15) is 5.03 Å². The van der Waals surface area contributed by atoms with Crippen LogP contribution in [0, 0.1) is 0 Å². The topological polar surface area (TPSA) is 56.2 Å². The van der Waals surface area contributed by atoms with Crippen LogP contribution in [0.1, 0.15) is 25.5 Å². The fourth-order valence-corrected chi connectivity index (χ4v) is 2.79. The van der Waals surface area contributed by atoms with Crippen molar-refractivity contribution in [2.24, 2.45) is 0 Å². The zero-order valence-electron chi connectivity index (χ0n) is 11.4. The van der Waals surface area contributed by atoms with Crippen LogP contribution in [0.2, 0.25) is 0 Å². The Hall–Kier alpha value is -2.01. The van der Waals surface area contributed by atoms with Gasteiger partial charge in [-0.1, -0.05) is 25.6 Å². The van der Waals surface area contributed by atoms with Gasteiger partial charge < -0.3 is 5.73 Å². The van der Waals surface area contributed by atoms with Gasteiger partial charge in [-0.25, -0.2) is 9.50 Å². The number of hydrogen-bond acceptors (Lipinski definition) is 4. The van der Waals surface area contributed by atoms with Crippen LogP contribution in [-0.4, -0.2) is 14.6 Å². The van der Waals surface area contributed by atoms with Crippen molar-refractivity contribution in [1.82, 2.24) is 14.6 Å². The molecule has 0 spiro atoms. The number of anilines is 1. The number of nitrogen functional groups attached to an aromatic ring is 1. The Morgan fingerprint density at radius 2 is 1.95 bits per heavy atom. The molecule has 0 aliphatic rings. The molecule has 3 aromatic rings. The number of rotatable bonds is 3. The van der Waals surface area contributed by atoms with Crippen molar-refractivity contribution in [3.63, 3.8) is 0 Å². The monoisotopic (exact) mass is 284 g/mol. The Labute approximate surface area is 122 Å². The quantitative estimate of drug-likeness (QED) is 0.747. The van der Waals surface area contributed by atoms with Gasteiger partial charge in [-0.2, -0.15) is 5.10 Å². The molecule has 2 N–H and O–H groups in total. The van der Waals surface area contributed by atoms with Gasteiger partial charge in [-0.3, -0.25) is 0 Å². The molecule has 0 saturated carbocycles. The highest BCUT2D eigenvalue weighted by molar-refractivity contribution is 7.99. The normalized spacial score (nSPS) is 11.3. The van der Waals surface area contributed by atoms with E-state index in [1.807, 2.05) is 35.0 Å². The third kappa shape index (κ3) is 2.49. The summed E-state index contributed by atoms with van der Waals surface area (Å²) in [5.41, 5.74) is 8.60. The van der Waals surface area contributed by atoms with Crippen LogP contribution in [0.3, 0.4) is 0 Å². The first-order valence-electron chi connectivity index (χ1n) is 6.51. The molecular formula is C15H16N4S. The average Bonchev–Trinajstić information content (AvgIpc) is 2.87. The largest absolute Gasteiger partial charge is 0.399 e. The van der Waals surface area contributed by atoms with Gasteiger partial charge in [0.15, 0.2) is 0 Å². The highest BCUT2D eigenvalue weighted by atomic mass is 32.2. The first-order valence-corrected chi connectivity index (χ1v) is 7.33. The van der Waals surface area contributed by atoms with Crippen molar-refractivity contribution in [3.05, 3.63) is 48.4 Å². The van der Waals surface area contributed by atoms with Gasteiger partial charge >= 0.3 is 0 Å². The molecule has 0 fully saturated rings. The molecule has 0 saturated heterocycles. The molecule has 0 radical (unpaired) electrons. The van der Waals surface area contributed by atoms with E-state index in [1.165, 1.54) is 0 Å². The van der Waals surface area contributed by atoms with E-state index in [0.717, 1.165) is 26.8 Å². The third-order valence-corrected chi connectivity index (χ3v) is 4.08. The zero-order chi connectivity index (χ0) is 14.1. The summed E-state index contributed by atoms with van der Waals surface area (Å²) in [6.45, 7) is 4.28. The number of nitrogens with two attached hydrogens (primary N) is 1. The SMILES string of the molecule is CC(C)c1cc2c(Sc3ccc(N)cc3)nccn2n1. The molecule has 0 aliphatic carbocycles. The minimum Gasteiger partial charge on any atom is -0.399 e. The predicted molar refractivity (Wildman–Crippen MR) is 82.1 cm³/mol. The lowest BCUT2D eigenvalue weighted by molar-refractivity contribution is 0.784. The molecule has 2 heterocycles. The Balaban J connectivity index is 2.00. The summed E-state index contributed by atoms with van der Waals surface area (Å²) >= 11 is 1.62. The van der Waals surface area contributed by atoms with Crippen molar-refractivity contribution in [2.45, 2.75) is 29.7 Å². The van der Waals surface area contributed by atoms with E-state index in [9.17, 15) is 0 Å². The van der Waals surface area contributed by atoms with Crippen molar-refractivity contribution >= 4 is 23.0 Å². The zero-order valence-corrected chi connectivity index (χ0v) is 12.3. The second kappa shape index (κ2) is 5.17. The molecule has 0 unspecified atom stereocenters. The molecule has 3 rings (SSSR count). The molecule has 0 amide bonds. The maximum Gasteiger partial charge on any atom is 0.127 e. The summed E-state index contributed by atoms with van der Waals surface area (Å²) in [5, 5.41) is 5.53. The second-order valence-electron chi connectivity index (χ2n) is 4.96. The van der Waals surface area contributed by atoms with Crippen molar-refractivity contribution in [1.29, 1.82) is 0 Å². The minimum atomic E-state index is 0.407. The smallest absolute Gasteiger partial charge is 0.127 e. The van der Waals surface area contributed by atoms with E-state index in [2.05, 4.69) is 30.0 Å². The summed E-state index contributed by atoms with van der Waals surface area (Å²) in [5.74, 6) is 0.407. The van der Waals surface area contributed by atoms with Crippen LogP contribution in [-0.2, 0) is 0 Å². The van der Waals surface area contributed by atoms with E-state index < -0.39 is 0 Å². The van der Waals surface area contributed by atoms with Crippen LogP contribution in [0.4, 0.5) is 5.69 Å². The van der Waals surface area contributed by atoms with Gasteiger partial charge in [0, 0.05) is 23.0 Å². The summed E-state index contributed by atoms with van der Waals surface area (Å²) in [4.78, 5) is 5.59. The Kier molecular flexibility index (Phi) is 3.36. The minimum absolute atomic E-state index is 0.407. The number of nitrogens with zero attached hydrogens (tertiary/aromatic N) is 3. The van der Waals surface area contributed by atoms with Crippen LogP contribution >= 0.6 is 11.8 Å². The fourth-order valence-electron chi connectivity index (χ4n) is 1.93. The van der Waals surface area contributed by atoms with E-state index in [4.69, 9.17) is 5.73 Å². The number of benzene rings is 1. The van der Waals surface area contributed by atoms with E-state index in [1.54, 1.807) is 18.0 Å². The third-order valence-electron chi connectivity index (χ3n) is 3.06. The standard InChI is InChI=1S/C15H16N4S/c1-10(2)13-9-14-15(17-7-8-19(14)18-13)20-12-5-3-11(16)4-6-12/h3-10H,16H2,1-2H3. The lowest BCUT2D eigenvalue weighted by atomic mass is 10.1. The van der Waals surface area contributed by atoms with Gasteiger partial charge in [-0.05, 0) is 36.2 Å². The average molecular weight is 284 g/mol. The molecule has 5 heteroatoms. The highest BCUT2D eigenvalue weighted by Gasteiger charge is 2.10. The van der Waals surface area contributed by atoms with Gasteiger partial charge in [-0.15, -0.1) is 0 Å². The summed E-state index contributed by atoms with van der Waals surface area (Å²) in [7, 11) is 0.